The third-order valence-electron chi connectivity index (χ3n) is 4.32. The topological polar surface area (TPSA) is 30.3 Å². The molecule has 0 aliphatic heterocycles. The standard InChI is InChI=1S/C18H25Cl2N3O/c1-5-22(6-2)11-12-24-17-9-10-23(21-17)18(3,4)14-7-8-15(19)16(20)13-14/h7-10,13H,5-6,11-12H2,1-4H3. The summed E-state index contributed by atoms with van der Waals surface area (Å²) in [5.74, 6) is 0.635. The smallest absolute Gasteiger partial charge is 0.232 e. The zero-order valence-corrected chi connectivity index (χ0v) is 16.2. The molecule has 1 heterocycles. The van der Waals surface area contributed by atoms with E-state index in [0.29, 0.717) is 22.5 Å². The van der Waals surface area contributed by atoms with Gasteiger partial charge in [-0.25, -0.2) is 0 Å². The average Bonchev–Trinajstić information content (AvgIpc) is 3.04. The summed E-state index contributed by atoms with van der Waals surface area (Å²) in [5, 5.41) is 5.66. The fraction of sp³-hybridized carbons (Fsp3) is 0.500. The molecular formula is C18H25Cl2N3O. The maximum atomic E-state index is 6.15. The Hall–Kier alpha value is -1.23. The molecule has 0 unspecified atom stereocenters. The molecule has 0 aliphatic carbocycles. The molecule has 0 aliphatic rings. The highest BCUT2D eigenvalue weighted by Gasteiger charge is 2.25. The number of halogens is 2. The Balaban J connectivity index is 2.06. The second-order valence-corrected chi connectivity index (χ2v) is 6.98. The van der Waals surface area contributed by atoms with Crippen LogP contribution in [-0.4, -0.2) is 40.9 Å². The van der Waals surface area contributed by atoms with Crippen LogP contribution in [0.15, 0.2) is 30.5 Å². The molecule has 0 N–H and O–H groups in total. The van der Waals surface area contributed by atoms with Crippen molar-refractivity contribution in [2.75, 3.05) is 26.2 Å². The van der Waals surface area contributed by atoms with E-state index >= 15 is 0 Å². The van der Waals surface area contributed by atoms with Gasteiger partial charge < -0.3 is 9.64 Å². The normalized spacial score (nSPS) is 12.0. The van der Waals surface area contributed by atoms with E-state index in [2.05, 4.69) is 37.7 Å². The lowest BCUT2D eigenvalue weighted by Gasteiger charge is -2.26. The Morgan fingerprint density at radius 2 is 1.83 bits per heavy atom. The lowest BCUT2D eigenvalue weighted by molar-refractivity contribution is 0.214. The van der Waals surface area contributed by atoms with Crippen molar-refractivity contribution in [1.29, 1.82) is 0 Å². The van der Waals surface area contributed by atoms with Crippen LogP contribution in [-0.2, 0) is 5.54 Å². The maximum Gasteiger partial charge on any atom is 0.232 e. The Kier molecular flexibility index (Phi) is 6.55. The van der Waals surface area contributed by atoms with E-state index in [1.807, 2.05) is 35.1 Å². The number of aromatic nitrogens is 2. The molecule has 6 heteroatoms. The number of rotatable bonds is 8. The zero-order valence-electron chi connectivity index (χ0n) is 14.7. The molecule has 1 aromatic heterocycles. The Bertz CT molecular complexity index is 666. The van der Waals surface area contributed by atoms with Gasteiger partial charge in [-0.2, -0.15) is 0 Å². The van der Waals surface area contributed by atoms with Gasteiger partial charge in [-0.1, -0.05) is 43.1 Å². The van der Waals surface area contributed by atoms with E-state index < -0.39 is 0 Å². The minimum absolute atomic E-state index is 0.352. The molecule has 0 fully saturated rings. The fourth-order valence-corrected chi connectivity index (χ4v) is 2.82. The summed E-state index contributed by atoms with van der Waals surface area (Å²) < 4.78 is 7.66. The minimum atomic E-state index is -0.352. The van der Waals surface area contributed by atoms with Gasteiger partial charge >= 0.3 is 0 Å². The second-order valence-electron chi connectivity index (χ2n) is 6.16. The van der Waals surface area contributed by atoms with Gasteiger partial charge in [-0.15, -0.1) is 5.10 Å². The molecule has 1 aromatic carbocycles. The second kappa shape index (κ2) is 8.24. The summed E-state index contributed by atoms with van der Waals surface area (Å²) in [6.45, 7) is 12.0. The molecule has 4 nitrogen and oxygen atoms in total. The van der Waals surface area contributed by atoms with Gasteiger partial charge in [0.1, 0.15) is 6.61 Å². The van der Waals surface area contributed by atoms with E-state index in [4.69, 9.17) is 27.9 Å². The van der Waals surface area contributed by atoms with Crippen LogP contribution in [0.3, 0.4) is 0 Å². The molecule has 2 rings (SSSR count). The van der Waals surface area contributed by atoms with Gasteiger partial charge in [0.25, 0.3) is 0 Å². The largest absolute Gasteiger partial charge is 0.475 e. The summed E-state index contributed by atoms with van der Waals surface area (Å²) in [7, 11) is 0. The van der Waals surface area contributed by atoms with Crippen LogP contribution < -0.4 is 4.74 Å². The summed E-state index contributed by atoms with van der Waals surface area (Å²) in [5.41, 5.74) is 0.684. The van der Waals surface area contributed by atoms with Gasteiger partial charge in [0, 0.05) is 18.8 Å². The lowest BCUT2D eigenvalue weighted by atomic mass is 9.95. The first-order valence-electron chi connectivity index (χ1n) is 8.25. The molecule has 0 saturated carbocycles. The Labute approximate surface area is 154 Å². The maximum absolute atomic E-state index is 6.15. The monoisotopic (exact) mass is 369 g/mol. The van der Waals surface area contributed by atoms with E-state index in [-0.39, 0.29) is 5.54 Å². The van der Waals surface area contributed by atoms with Crippen LogP contribution in [0.25, 0.3) is 0 Å². The average molecular weight is 370 g/mol. The highest BCUT2D eigenvalue weighted by molar-refractivity contribution is 6.42. The number of benzene rings is 1. The van der Waals surface area contributed by atoms with Crippen molar-refractivity contribution in [2.45, 2.75) is 33.2 Å². The number of hydrogen-bond acceptors (Lipinski definition) is 3. The molecule has 0 atom stereocenters. The van der Waals surface area contributed by atoms with Crippen molar-refractivity contribution in [3.05, 3.63) is 46.1 Å². The Morgan fingerprint density at radius 1 is 1.12 bits per heavy atom. The summed E-state index contributed by atoms with van der Waals surface area (Å²) in [6, 6.07) is 7.55. The first-order valence-corrected chi connectivity index (χ1v) is 9.01. The molecular weight excluding hydrogens is 345 g/mol. The van der Waals surface area contributed by atoms with Crippen LogP contribution in [0.2, 0.25) is 10.0 Å². The van der Waals surface area contributed by atoms with Gasteiger partial charge in [0.2, 0.25) is 5.88 Å². The van der Waals surface area contributed by atoms with Crippen molar-refractivity contribution < 1.29 is 4.74 Å². The molecule has 0 bridgehead atoms. The summed E-state index contributed by atoms with van der Waals surface area (Å²) in [6.07, 6.45) is 1.93. The van der Waals surface area contributed by atoms with Crippen LogP contribution in [0.5, 0.6) is 5.88 Å². The van der Waals surface area contributed by atoms with Crippen LogP contribution in [0.1, 0.15) is 33.3 Å². The van der Waals surface area contributed by atoms with E-state index in [1.54, 1.807) is 0 Å². The molecule has 0 saturated heterocycles. The van der Waals surface area contributed by atoms with Gasteiger partial charge in [-0.05, 0) is 44.6 Å². The van der Waals surface area contributed by atoms with Crippen molar-refractivity contribution in [2.24, 2.45) is 0 Å². The molecule has 0 amide bonds. The number of likely N-dealkylation sites (N-methyl/N-ethyl adjacent to an activating group) is 1. The molecule has 0 spiro atoms. The van der Waals surface area contributed by atoms with Crippen LogP contribution in [0.4, 0.5) is 0 Å². The van der Waals surface area contributed by atoms with Crippen molar-refractivity contribution in [3.63, 3.8) is 0 Å². The first kappa shape index (κ1) is 19.1. The SMILES string of the molecule is CCN(CC)CCOc1ccn(C(C)(C)c2ccc(Cl)c(Cl)c2)n1. The van der Waals surface area contributed by atoms with Crippen LogP contribution in [0, 0.1) is 0 Å². The van der Waals surface area contributed by atoms with E-state index in [9.17, 15) is 0 Å². The number of nitrogens with zero attached hydrogens (tertiary/aromatic N) is 3. The molecule has 2 aromatic rings. The highest BCUT2D eigenvalue weighted by Crippen LogP contribution is 2.31. The van der Waals surface area contributed by atoms with Gasteiger partial charge in [0.05, 0.1) is 15.6 Å². The quantitative estimate of drug-likeness (QED) is 0.675. The highest BCUT2D eigenvalue weighted by atomic mass is 35.5. The number of ether oxygens (including phenoxy) is 1. The molecule has 132 valence electrons. The van der Waals surface area contributed by atoms with Crippen molar-refractivity contribution in [3.8, 4) is 5.88 Å². The fourth-order valence-electron chi connectivity index (χ4n) is 2.52. The predicted molar refractivity (Wildman–Crippen MR) is 100 cm³/mol. The predicted octanol–water partition coefficient (Wildman–Crippen LogP) is 4.69. The molecule has 0 radical (unpaired) electrons. The van der Waals surface area contributed by atoms with E-state index in [1.165, 1.54) is 0 Å². The van der Waals surface area contributed by atoms with Crippen molar-refractivity contribution >= 4 is 23.2 Å². The van der Waals surface area contributed by atoms with Crippen LogP contribution >= 0.6 is 23.2 Å². The minimum Gasteiger partial charge on any atom is -0.475 e. The summed E-state index contributed by atoms with van der Waals surface area (Å²) in [4.78, 5) is 2.32. The van der Waals surface area contributed by atoms with Crippen molar-refractivity contribution in [1.82, 2.24) is 14.7 Å². The third-order valence-corrected chi connectivity index (χ3v) is 5.05. The van der Waals surface area contributed by atoms with E-state index in [0.717, 1.165) is 25.2 Å². The first-order chi connectivity index (χ1) is 11.4. The number of hydrogen-bond donors (Lipinski definition) is 0. The Morgan fingerprint density at radius 3 is 2.46 bits per heavy atom. The molecule has 24 heavy (non-hydrogen) atoms. The zero-order chi connectivity index (χ0) is 17.7. The van der Waals surface area contributed by atoms with Gasteiger partial charge in [0.15, 0.2) is 0 Å². The lowest BCUT2D eigenvalue weighted by Crippen LogP contribution is -2.29. The third kappa shape index (κ3) is 4.44. The summed E-state index contributed by atoms with van der Waals surface area (Å²) >= 11 is 12.2. The van der Waals surface area contributed by atoms with Gasteiger partial charge in [-0.3, -0.25) is 4.68 Å².